The first-order valence-corrected chi connectivity index (χ1v) is 10.7. The minimum atomic E-state index is 1.19. The number of aryl methyl sites for hydroxylation is 4. The van der Waals surface area contributed by atoms with Gasteiger partial charge >= 0.3 is 0 Å². The van der Waals surface area contributed by atoms with Crippen molar-refractivity contribution in [1.29, 1.82) is 0 Å². The molecule has 134 valence electrons. The van der Waals surface area contributed by atoms with Crippen LogP contribution in [-0.2, 0) is 25.7 Å². The van der Waals surface area contributed by atoms with Crippen molar-refractivity contribution in [2.75, 3.05) is 0 Å². The van der Waals surface area contributed by atoms with E-state index in [1.807, 2.05) is 0 Å². The molecule has 3 aliphatic carbocycles. The zero-order valence-corrected chi connectivity index (χ0v) is 16.0. The van der Waals surface area contributed by atoms with E-state index in [4.69, 9.17) is 0 Å². The lowest BCUT2D eigenvalue weighted by molar-refractivity contribution is 0.850. The monoisotopic (exact) mass is 358 g/mol. The van der Waals surface area contributed by atoms with Crippen LogP contribution in [0, 0.1) is 0 Å². The van der Waals surface area contributed by atoms with Crippen LogP contribution in [-0.4, -0.2) is 0 Å². The van der Waals surface area contributed by atoms with E-state index in [1.165, 1.54) is 81.6 Å². The minimum Gasteiger partial charge on any atom is -0.0616 e. The van der Waals surface area contributed by atoms with Gasteiger partial charge in [-0.05, 0) is 128 Å². The van der Waals surface area contributed by atoms with Crippen molar-refractivity contribution in [3.63, 3.8) is 0 Å². The Morgan fingerprint density at radius 2 is 0.857 bits per heavy atom. The number of rotatable bonds is 0. The van der Waals surface area contributed by atoms with Crippen LogP contribution in [0.2, 0.25) is 0 Å². The quantitative estimate of drug-likeness (QED) is 0.255. The molecule has 0 N–H and O–H groups in total. The second-order valence-electron chi connectivity index (χ2n) is 8.78. The summed E-state index contributed by atoms with van der Waals surface area (Å²) in [5.41, 5.74) is 6.30. The largest absolute Gasteiger partial charge is 0.0616 e. The van der Waals surface area contributed by atoms with Crippen LogP contribution < -0.4 is 0 Å². The van der Waals surface area contributed by atoms with Gasteiger partial charge in [-0.15, -0.1) is 0 Å². The molecule has 0 unspecified atom stereocenters. The lowest BCUT2D eigenvalue weighted by Gasteiger charge is -2.15. The van der Waals surface area contributed by atoms with E-state index in [-0.39, 0.29) is 0 Å². The highest BCUT2D eigenvalue weighted by Gasteiger charge is 2.20. The Bertz CT molecular complexity index is 1340. The van der Waals surface area contributed by atoms with E-state index in [0.29, 0.717) is 0 Å². The molecule has 0 radical (unpaired) electrons. The lowest BCUT2D eigenvalue weighted by Crippen LogP contribution is -1.91. The summed E-state index contributed by atoms with van der Waals surface area (Å²) in [5.74, 6) is 0. The molecule has 2 bridgehead atoms. The molecule has 3 aliphatic rings. The summed E-state index contributed by atoms with van der Waals surface area (Å²) >= 11 is 0. The molecular weight excluding hydrogens is 336 g/mol. The Balaban J connectivity index is 1.68. The maximum Gasteiger partial charge on any atom is -0.0136 e. The van der Waals surface area contributed by atoms with Gasteiger partial charge in [-0.3, -0.25) is 0 Å². The first-order valence-electron chi connectivity index (χ1n) is 10.7. The van der Waals surface area contributed by atoms with Gasteiger partial charge in [0.2, 0.25) is 0 Å². The average Bonchev–Trinajstić information content (AvgIpc) is 3.00. The van der Waals surface area contributed by atoms with Crippen molar-refractivity contribution in [3.05, 3.63) is 82.9 Å². The highest BCUT2D eigenvalue weighted by atomic mass is 14.2. The molecule has 0 heteroatoms. The third kappa shape index (κ3) is 1.96. The first kappa shape index (κ1) is 15.1. The van der Waals surface area contributed by atoms with E-state index < -0.39 is 0 Å². The van der Waals surface area contributed by atoms with Gasteiger partial charge in [0.25, 0.3) is 0 Å². The van der Waals surface area contributed by atoms with Gasteiger partial charge in [-0.1, -0.05) is 36.4 Å². The van der Waals surface area contributed by atoms with Crippen LogP contribution in [0.1, 0.15) is 35.1 Å². The lowest BCUT2D eigenvalue weighted by atomic mass is 9.89. The Morgan fingerprint density at radius 1 is 0.429 bits per heavy atom. The fraction of sp³-hybridized carbons (Fsp3) is 0.214. The highest BCUT2D eigenvalue weighted by molar-refractivity contribution is 6.13. The molecule has 0 nitrogen and oxygen atoms in total. The fourth-order valence-electron chi connectivity index (χ4n) is 5.89. The van der Waals surface area contributed by atoms with Gasteiger partial charge in [0.15, 0.2) is 0 Å². The summed E-state index contributed by atoms with van der Waals surface area (Å²) in [5, 5.41) is 11.6. The first-order chi connectivity index (χ1) is 13.8. The summed E-state index contributed by atoms with van der Waals surface area (Å²) in [6.45, 7) is 0. The molecule has 0 amide bonds. The zero-order chi connectivity index (χ0) is 18.2. The van der Waals surface area contributed by atoms with Crippen molar-refractivity contribution >= 4 is 43.1 Å². The Hall–Kier alpha value is -2.86. The van der Waals surface area contributed by atoms with Crippen LogP contribution in [0.5, 0.6) is 0 Å². The number of hydrogen-bond acceptors (Lipinski definition) is 0. The molecule has 0 saturated carbocycles. The topological polar surface area (TPSA) is 0 Å². The van der Waals surface area contributed by atoms with E-state index in [0.717, 1.165) is 0 Å². The molecule has 8 rings (SSSR count). The third-order valence-corrected chi connectivity index (χ3v) is 7.23. The van der Waals surface area contributed by atoms with Crippen LogP contribution >= 0.6 is 0 Å². The van der Waals surface area contributed by atoms with Crippen molar-refractivity contribution in [2.24, 2.45) is 0 Å². The molecule has 0 heterocycles. The summed E-state index contributed by atoms with van der Waals surface area (Å²) in [4.78, 5) is 0. The molecule has 0 aromatic heterocycles. The smallest absolute Gasteiger partial charge is 0.0136 e. The van der Waals surface area contributed by atoms with Crippen molar-refractivity contribution in [3.8, 4) is 0 Å². The molecular formula is C28H22. The molecule has 0 atom stereocenters. The average molecular weight is 358 g/mol. The van der Waals surface area contributed by atoms with Crippen LogP contribution in [0.15, 0.2) is 60.7 Å². The standard InChI is InChI=1S/C28H22/c1-2-6-20-14-26-24-10-4-9-23(25(26)13-19(20)5-1)27-15-21-11-17-7-3-8-18(17)12-22(21)16-28(24)27/h1-2,5-6,11-16H,3-4,7-10H2. The molecule has 5 aromatic carbocycles. The molecule has 0 fully saturated rings. The van der Waals surface area contributed by atoms with E-state index in [1.54, 1.807) is 22.3 Å². The molecule has 5 aromatic rings. The molecule has 0 saturated heterocycles. The second kappa shape index (κ2) is 5.35. The minimum absolute atomic E-state index is 1.19. The molecule has 0 aliphatic heterocycles. The van der Waals surface area contributed by atoms with Gasteiger partial charge < -0.3 is 0 Å². The van der Waals surface area contributed by atoms with Crippen molar-refractivity contribution < 1.29 is 0 Å². The van der Waals surface area contributed by atoms with E-state index >= 15 is 0 Å². The SMILES string of the molecule is c1ccc2cc3c4c5cc6cc7c(cc6cc5c(c3cc2c1)CCC4)CCC7. The summed E-state index contributed by atoms with van der Waals surface area (Å²) in [7, 11) is 0. The second-order valence-corrected chi connectivity index (χ2v) is 8.78. The fourth-order valence-corrected chi connectivity index (χ4v) is 5.89. The number of fused-ring (bicyclic) bond motifs is 5. The summed E-state index contributed by atoms with van der Waals surface area (Å²) in [6.07, 6.45) is 7.47. The Morgan fingerprint density at radius 3 is 1.36 bits per heavy atom. The summed E-state index contributed by atoms with van der Waals surface area (Å²) < 4.78 is 0. The molecule has 0 spiro atoms. The maximum atomic E-state index is 2.50. The van der Waals surface area contributed by atoms with E-state index in [2.05, 4.69) is 60.7 Å². The van der Waals surface area contributed by atoms with Crippen molar-refractivity contribution in [1.82, 2.24) is 0 Å². The normalized spacial score (nSPS) is 15.7. The predicted octanol–water partition coefficient (Wildman–Crippen LogP) is 7.28. The molecule has 28 heavy (non-hydrogen) atoms. The van der Waals surface area contributed by atoms with Gasteiger partial charge in [-0.2, -0.15) is 0 Å². The number of benzene rings is 5. The van der Waals surface area contributed by atoms with Gasteiger partial charge in [0.1, 0.15) is 0 Å². The van der Waals surface area contributed by atoms with Crippen LogP contribution in [0.25, 0.3) is 43.1 Å². The highest BCUT2D eigenvalue weighted by Crippen LogP contribution is 2.41. The third-order valence-electron chi connectivity index (χ3n) is 7.23. The van der Waals surface area contributed by atoms with Crippen molar-refractivity contribution in [2.45, 2.75) is 38.5 Å². The zero-order valence-electron chi connectivity index (χ0n) is 16.0. The Labute approximate surface area is 164 Å². The van der Waals surface area contributed by atoms with E-state index in [9.17, 15) is 0 Å². The summed E-state index contributed by atoms with van der Waals surface area (Å²) in [6, 6.07) is 23.7. The predicted molar refractivity (Wildman–Crippen MR) is 121 cm³/mol. The van der Waals surface area contributed by atoms with Crippen LogP contribution in [0.3, 0.4) is 0 Å². The maximum absolute atomic E-state index is 2.50. The van der Waals surface area contributed by atoms with Gasteiger partial charge in [0, 0.05) is 0 Å². The Kier molecular flexibility index (Phi) is 2.89. The van der Waals surface area contributed by atoms with Crippen LogP contribution in [0.4, 0.5) is 0 Å². The van der Waals surface area contributed by atoms with Gasteiger partial charge in [0.05, 0.1) is 0 Å². The van der Waals surface area contributed by atoms with Gasteiger partial charge in [-0.25, -0.2) is 0 Å². The number of hydrogen-bond donors (Lipinski definition) is 0.